The van der Waals surface area contributed by atoms with Gasteiger partial charge in [-0.15, -0.1) is 0 Å². The van der Waals surface area contributed by atoms with Gasteiger partial charge in [-0.05, 0) is 25.7 Å². The smallest absolute Gasteiger partial charge is 0.310 e. The normalized spacial score (nSPS) is 28.5. The Kier molecular flexibility index (Phi) is 5.76. The third-order valence-electron chi connectivity index (χ3n) is 6.26. The van der Waals surface area contributed by atoms with E-state index in [1.54, 1.807) is 4.90 Å². The molecule has 28 heavy (non-hydrogen) atoms. The van der Waals surface area contributed by atoms with Gasteiger partial charge in [0.1, 0.15) is 5.78 Å². The van der Waals surface area contributed by atoms with Crippen LogP contribution in [-0.4, -0.2) is 48.9 Å². The van der Waals surface area contributed by atoms with Gasteiger partial charge >= 0.3 is 5.97 Å². The predicted octanol–water partition coefficient (Wildman–Crippen LogP) is 2.53. The average Bonchev–Trinajstić information content (AvgIpc) is 2.72. The lowest BCUT2D eigenvalue weighted by Gasteiger charge is -2.37. The fourth-order valence-corrected chi connectivity index (χ4v) is 4.72. The Morgan fingerprint density at radius 2 is 1.68 bits per heavy atom. The maximum Gasteiger partial charge on any atom is 0.310 e. The van der Waals surface area contributed by atoms with Crippen molar-refractivity contribution in [2.45, 2.75) is 38.2 Å². The van der Waals surface area contributed by atoms with Crippen LogP contribution in [0, 0.1) is 17.8 Å². The number of carbonyl (C=O) groups excluding carboxylic acids is 3. The van der Waals surface area contributed by atoms with Crippen LogP contribution in [0.4, 0.5) is 0 Å². The number of fused-ring (bicyclic) bond motifs is 2. The first-order chi connectivity index (χ1) is 13.6. The van der Waals surface area contributed by atoms with E-state index in [9.17, 15) is 14.4 Å². The number of esters is 1. The summed E-state index contributed by atoms with van der Waals surface area (Å²) in [5, 5.41) is 0. The topological polar surface area (TPSA) is 72.9 Å². The Morgan fingerprint density at radius 1 is 1.04 bits per heavy atom. The zero-order chi connectivity index (χ0) is 19.5. The molecule has 1 saturated heterocycles. The lowest BCUT2D eigenvalue weighted by Crippen LogP contribution is -2.45. The molecule has 4 rings (SSSR count). The number of hydrogen-bond donors (Lipinski definition) is 0. The summed E-state index contributed by atoms with van der Waals surface area (Å²) in [5.74, 6) is -0.559. The quantitative estimate of drug-likeness (QED) is 0.745. The van der Waals surface area contributed by atoms with E-state index in [0.717, 1.165) is 19.3 Å². The van der Waals surface area contributed by atoms with Crippen molar-refractivity contribution in [2.24, 2.45) is 17.8 Å². The van der Waals surface area contributed by atoms with Gasteiger partial charge in [0.2, 0.25) is 6.10 Å². The van der Waals surface area contributed by atoms with E-state index in [1.165, 1.54) is 0 Å². The number of rotatable bonds is 4. The Hall–Kier alpha value is -2.21. The largest absolute Gasteiger partial charge is 0.447 e. The molecular formula is C22H27NO5. The highest BCUT2D eigenvalue weighted by molar-refractivity contribution is 5.89. The standard InChI is InChI=1S/C22H27NO5/c24-19-16-7-4-8-17(19)14-18(13-16)22(26)28-20(15-5-2-1-3-6-15)21(25)23-9-11-27-12-10-23/h1-3,5-6,16-18,20H,4,7-14H2/t16-,17+,18?,20-/m1/s1. The van der Waals surface area contributed by atoms with Gasteiger partial charge in [0.05, 0.1) is 19.1 Å². The van der Waals surface area contributed by atoms with Gasteiger partial charge < -0.3 is 14.4 Å². The summed E-state index contributed by atoms with van der Waals surface area (Å²) < 4.78 is 11.1. The second-order valence-corrected chi connectivity index (χ2v) is 8.06. The molecule has 1 heterocycles. The zero-order valence-electron chi connectivity index (χ0n) is 16.0. The van der Waals surface area contributed by atoms with Crippen LogP contribution in [0.15, 0.2) is 30.3 Å². The molecule has 3 fully saturated rings. The van der Waals surface area contributed by atoms with Crippen molar-refractivity contribution in [3.63, 3.8) is 0 Å². The first-order valence-electron chi connectivity index (χ1n) is 10.3. The Balaban J connectivity index is 1.50. The predicted molar refractivity (Wildman–Crippen MR) is 101 cm³/mol. The highest BCUT2D eigenvalue weighted by atomic mass is 16.5. The van der Waals surface area contributed by atoms with E-state index in [-0.39, 0.29) is 29.6 Å². The Morgan fingerprint density at radius 3 is 2.32 bits per heavy atom. The van der Waals surface area contributed by atoms with Crippen LogP contribution < -0.4 is 0 Å². The molecule has 0 aromatic heterocycles. The minimum absolute atomic E-state index is 0.0184. The highest BCUT2D eigenvalue weighted by Crippen LogP contribution is 2.41. The number of Topliss-reactive ketones (excluding diaryl/α,β-unsaturated/α-hetero) is 1. The number of nitrogens with zero attached hydrogens (tertiary/aromatic N) is 1. The molecule has 2 aliphatic carbocycles. The Labute approximate surface area is 165 Å². The van der Waals surface area contributed by atoms with Gasteiger partial charge in [0.15, 0.2) is 0 Å². The summed E-state index contributed by atoms with van der Waals surface area (Å²) in [5.41, 5.74) is 0.680. The number of morpholine rings is 1. The number of carbonyl (C=O) groups is 3. The van der Waals surface area contributed by atoms with Gasteiger partial charge in [0.25, 0.3) is 5.91 Å². The lowest BCUT2D eigenvalue weighted by molar-refractivity contribution is -0.168. The summed E-state index contributed by atoms with van der Waals surface area (Å²) in [6.07, 6.45) is 2.97. The van der Waals surface area contributed by atoms with Crippen LogP contribution >= 0.6 is 0 Å². The molecule has 1 aromatic carbocycles. The molecule has 1 unspecified atom stereocenters. The van der Waals surface area contributed by atoms with Crippen LogP contribution in [0.25, 0.3) is 0 Å². The number of ketones is 1. The minimum Gasteiger partial charge on any atom is -0.447 e. The van der Waals surface area contributed by atoms with Crippen molar-refractivity contribution >= 4 is 17.7 Å². The molecule has 0 radical (unpaired) electrons. The van der Waals surface area contributed by atoms with Crippen LogP contribution in [0.2, 0.25) is 0 Å². The number of amides is 1. The fraction of sp³-hybridized carbons (Fsp3) is 0.591. The number of hydrogen-bond acceptors (Lipinski definition) is 5. The molecule has 1 aromatic rings. The van der Waals surface area contributed by atoms with Crippen LogP contribution in [0.1, 0.15) is 43.8 Å². The first kappa shape index (κ1) is 19.1. The van der Waals surface area contributed by atoms with Crippen LogP contribution in [0.3, 0.4) is 0 Å². The van der Waals surface area contributed by atoms with Crippen molar-refractivity contribution in [1.29, 1.82) is 0 Å². The third kappa shape index (κ3) is 3.97. The van der Waals surface area contributed by atoms with E-state index >= 15 is 0 Å². The van der Waals surface area contributed by atoms with Crippen molar-refractivity contribution < 1.29 is 23.9 Å². The van der Waals surface area contributed by atoms with Gasteiger partial charge in [-0.3, -0.25) is 14.4 Å². The van der Waals surface area contributed by atoms with Gasteiger partial charge in [-0.25, -0.2) is 0 Å². The molecule has 1 amide bonds. The van der Waals surface area contributed by atoms with Crippen molar-refractivity contribution in [3.8, 4) is 0 Å². The van der Waals surface area contributed by atoms with Crippen molar-refractivity contribution in [2.75, 3.05) is 26.3 Å². The second-order valence-electron chi connectivity index (χ2n) is 8.06. The van der Waals surface area contributed by atoms with Gasteiger partial charge in [-0.1, -0.05) is 36.8 Å². The molecule has 6 heteroatoms. The highest BCUT2D eigenvalue weighted by Gasteiger charge is 2.43. The molecule has 150 valence electrons. The maximum absolute atomic E-state index is 13.1. The molecule has 4 atom stereocenters. The Bertz CT molecular complexity index is 712. The summed E-state index contributed by atoms with van der Waals surface area (Å²) in [7, 11) is 0. The van der Waals surface area contributed by atoms with E-state index < -0.39 is 6.10 Å². The first-order valence-corrected chi connectivity index (χ1v) is 10.3. The molecule has 2 saturated carbocycles. The lowest BCUT2D eigenvalue weighted by atomic mass is 9.67. The minimum atomic E-state index is -0.940. The SMILES string of the molecule is O=C(O[C@@H](C(=O)N1CCOCC1)c1ccccc1)C1C[C@H]2CCC[C@@H](C1)C2=O. The second kappa shape index (κ2) is 8.43. The maximum atomic E-state index is 13.1. The molecule has 0 N–H and O–H groups in total. The van der Waals surface area contributed by atoms with Crippen LogP contribution in [-0.2, 0) is 23.9 Å². The third-order valence-corrected chi connectivity index (χ3v) is 6.26. The fourth-order valence-electron chi connectivity index (χ4n) is 4.72. The van der Waals surface area contributed by atoms with E-state index in [4.69, 9.17) is 9.47 Å². The van der Waals surface area contributed by atoms with Crippen molar-refractivity contribution in [1.82, 2.24) is 4.90 Å². The average molecular weight is 385 g/mol. The van der Waals surface area contributed by atoms with Crippen LogP contribution in [0.5, 0.6) is 0 Å². The molecule has 0 spiro atoms. The number of benzene rings is 1. The van der Waals surface area contributed by atoms with E-state index in [2.05, 4.69) is 0 Å². The van der Waals surface area contributed by atoms with Gasteiger partial charge in [0, 0.05) is 30.5 Å². The molecule has 1 aliphatic heterocycles. The van der Waals surface area contributed by atoms with E-state index in [0.29, 0.717) is 50.5 Å². The summed E-state index contributed by atoms with van der Waals surface area (Å²) in [6.45, 7) is 1.99. The molecule has 3 aliphatic rings. The monoisotopic (exact) mass is 385 g/mol. The van der Waals surface area contributed by atoms with E-state index in [1.807, 2.05) is 30.3 Å². The van der Waals surface area contributed by atoms with Gasteiger partial charge in [-0.2, -0.15) is 0 Å². The number of ether oxygens (including phenoxy) is 2. The molecule has 6 nitrogen and oxygen atoms in total. The summed E-state index contributed by atoms with van der Waals surface area (Å²) in [6, 6.07) is 9.18. The zero-order valence-corrected chi connectivity index (χ0v) is 16.0. The summed E-state index contributed by atoms with van der Waals surface area (Å²) >= 11 is 0. The molecule has 2 bridgehead atoms. The van der Waals surface area contributed by atoms with Crippen molar-refractivity contribution in [3.05, 3.63) is 35.9 Å². The molecular weight excluding hydrogens is 358 g/mol. The summed E-state index contributed by atoms with van der Waals surface area (Å²) in [4.78, 5) is 40.1.